The van der Waals surface area contributed by atoms with E-state index in [2.05, 4.69) is 9.97 Å². The second-order valence-corrected chi connectivity index (χ2v) is 4.33. The van der Waals surface area contributed by atoms with Crippen LogP contribution in [0.1, 0.15) is 16.1 Å². The van der Waals surface area contributed by atoms with Gasteiger partial charge in [0, 0.05) is 22.8 Å². The predicted octanol–water partition coefficient (Wildman–Crippen LogP) is 2.58. The van der Waals surface area contributed by atoms with Crippen molar-refractivity contribution in [1.82, 2.24) is 9.97 Å². The van der Waals surface area contributed by atoms with Crippen molar-refractivity contribution in [2.24, 2.45) is 0 Å². The summed E-state index contributed by atoms with van der Waals surface area (Å²) in [5.74, 6) is -0.973. The van der Waals surface area contributed by atoms with Crippen molar-refractivity contribution in [3.8, 4) is 0 Å². The number of nitrogens with zero attached hydrogens (tertiary/aromatic N) is 2. The predicted molar refractivity (Wildman–Crippen MR) is 73.8 cm³/mol. The van der Waals surface area contributed by atoms with Gasteiger partial charge in [-0.15, -0.1) is 0 Å². The lowest BCUT2D eigenvalue weighted by atomic mass is 10.1. The molecule has 2 heterocycles. The molecule has 4 nitrogen and oxygen atoms in total. The molecule has 0 saturated carbocycles. The molecule has 0 spiro atoms. The average Bonchev–Trinajstić information content (AvgIpc) is 2.46. The number of para-hydroxylation sites is 1. The van der Waals surface area contributed by atoms with Crippen LogP contribution in [0.5, 0.6) is 0 Å². The number of benzene rings is 1. The lowest BCUT2D eigenvalue weighted by Crippen LogP contribution is -2.06. The Kier molecular flexibility index (Phi) is 2.87. The number of hydrogen-bond donors (Lipinski definition) is 1. The van der Waals surface area contributed by atoms with Crippen molar-refractivity contribution in [2.75, 3.05) is 5.73 Å². The van der Waals surface area contributed by atoms with Crippen LogP contribution in [0.15, 0.2) is 48.8 Å². The van der Waals surface area contributed by atoms with E-state index in [9.17, 15) is 9.18 Å². The zero-order valence-corrected chi connectivity index (χ0v) is 10.4. The summed E-state index contributed by atoms with van der Waals surface area (Å²) >= 11 is 0. The molecule has 1 aromatic carbocycles. The molecule has 5 heteroatoms. The fourth-order valence-electron chi connectivity index (χ4n) is 2.00. The summed E-state index contributed by atoms with van der Waals surface area (Å²) < 4.78 is 13.1. The number of nitrogen functional groups attached to an aromatic ring is 1. The number of anilines is 1. The molecule has 0 radical (unpaired) electrons. The van der Waals surface area contributed by atoms with Gasteiger partial charge in [-0.05, 0) is 18.2 Å². The third-order valence-electron chi connectivity index (χ3n) is 2.95. The highest BCUT2D eigenvalue weighted by molar-refractivity contribution is 6.09. The summed E-state index contributed by atoms with van der Waals surface area (Å²) in [6.07, 6.45) is 2.34. The van der Waals surface area contributed by atoms with Gasteiger partial charge < -0.3 is 5.73 Å². The van der Waals surface area contributed by atoms with E-state index in [1.807, 2.05) is 18.2 Å². The molecule has 0 aliphatic heterocycles. The first-order valence-corrected chi connectivity index (χ1v) is 5.95. The van der Waals surface area contributed by atoms with E-state index in [1.54, 1.807) is 6.07 Å². The minimum atomic E-state index is -0.565. The third-order valence-corrected chi connectivity index (χ3v) is 2.95. The minimum absolute atomic E-state index is 0.146. The van der Waals surface area contributed by atoms with E-state index in [-0.39, 0.29) is 11.3 Å². The topological polar surface area (TPSA) is 68.9 Å². The monoisotopic (exact) mass is 267 g/mol. The number of carbonyl (C=O) groups is 1. The van der Waals surface area contributed by atoms with Crippen molar-refractivity contribution in [1.29, 1.82) is 0 Å². The number of halogens is 1. The number of rotatable bonds is 2. The molecule has 3 rings (SSSR count). The third kappa shape index (κ3) is 2.09. The van der Waals surface area contributed by atoms with Gasteiger partial charge in [0.1, 0.15) is 11.5 Å². The molecule has 2 aromatic heterocycles. The molecule has 0 amide bonds. The van der Waals surface area contributed by atoms with Crippen LogP contribution in [-0.2, 0) is 0 Å². The molecule has 3 aromatic rings. The van der Waals surface area contributed by atoms with Crippen molar-refractivity contribution in [3.63, 3.8) is 0 Å². The first-order chi connectivity index (χ1) is 9.65. The van der Waals surface area contributed by atoms with Gasteiger partial charge in [0.05, 0.1) is 11.7 Å². The largest absolute Gasteiger partial charge is 0.398 e. The first kappa shape index (κ1) is 12.2. The molecule has 0 atom stereocenters. The van der Waals surface area contributed by atoms with Gasteiger partial charge in [-0.25, -0.2) is 9.37 Å². The summed E-state index contributed by atoms with van der Waals surface area (Å²) in [6, 6.07) is 9.88. The van der Waals surface area contributed by atoms with Crippen LogP contribution >= 0.6 is 0 Å². The number of ketones is 1. The lowest BCUT2D eigenvalue weighted by Gasteiger charge is -2.05. The quantitative estimate of drug-likeness (QED) is 0.724. The van der Waals surface area contributed by atoms with Crippen molar-refractivity contribution in [3.05, 3.63) is 65.9 Å². The molecule has 0 saturated heterocycles. The van der Waals surface area contributed by atoms with E-state index in [4.69, 9.17) is 5.73 Å². The van der Waals surface area contributed by atoms with Gasteiger partial charge in [0.2, 0.25) is 5.78 Å². The number of nitrogens with two attached hydrogens (primary N) is 1. The van der Waals surface area contributed by atoms with E-state index in [1.165, 1.54) is 12.3 Å². The molecule has 0 unspecified atom stereocenters. The zero-order chi connectivity index (χ0) is 14.1. The van der Waals surface area contributed by atoms with Gasteiger partial charge in [0.25, 0.3) is 0 Å². The molecule has 98 valence electrons. The summed E-state index contributed by atoms with van der Waals surface area (Å²) in [4.78, 5) is 20.2. The SMILES string of the molecule is Nc1cc(C(=O)c2cncc(F)c2)nc2ccccc12. The standard InChI is InChI=1S/C15H10FN3O/c16-10-5-9(7-18-8-10)15(20)14-6-12(17)11-3-1-2-4-13(11)19-14/h1-8H,(H2,17,19). The average molecular weight is 267 g/mol. The van der Waals surface area contributed by atoms with E-state index in [0.29, 0.717) is 11.2 Å². The van der Waals surface area contributed by atoms with Crippen LogP contribution in [-0.4, -0.2) is 15.8 Å². The molecule has 0 aliphatic carbocycles. The van der Waals surface area contributed by atoms with Crippen LogP contribution in [0, 0.1) is 5.82 Å². The molecule has 0 bridgehead atoms. The van der Waals surface area contributed by atoms with Crippen LogP contribution < -0.4 is 5.73 Å². The summed E-state index contributed by atoms with van der Waals surface area (Å²) in [5.41, 5.74) is 7.33. The molecule has 0 fully saturated rings. The Morgan fingerprint density at radius 1 is 1.15 bits per heavy atom. The van der Waals surface area contributed by atoms with Crippen LogP contribution in [0.2, 0.25) is 0 Å². The fourth-order valence-corrected chi connectivity index (χ4v) is 2.00. The van der Waals surface area contributed by atoms with Crippen LogP contribution in [0.3, 0.4) is 0 Å². The molecule has 2 N–H and O–H groups in total. The van der Waals surface area contributed by atoms with Gasteiger partial charge in [-0.2, -0.15) is 0 Å². The van der Waals surface area contributed by atoms with E-state index in [0.717, 1.165) is 17.6 Å². The highest BCUT2D eigenvalue weighted by Gasteiger charge is 2.14. The number of carbonyl (C=O) groups excluding carboxylic acids is 1. The van der Waals surface area contributed by atoms with E-state index >= 15 is 0 Å². The Morgan fingerprint density at radius 3 is 2.75 bits per heavy atom. The molecular weight excluding hydrogens is 257 g/mol. The Bertz CT molecular complexity index is 817. The normalized spacial score (nSPS) is 10.7. The zero-order valence-electron chi connectivity index (χ0n) is 10.4. The molecular formula is C15H10FN3O. The van der Waals surface area contributed by atoms with Crippen LogP contribution in [0.4, 0.5) is 10.1 Å². The van der Waals surface area contributed by atoms with Crippen LogP contribution in [0.25, 0.3) is 10.9 Å². The van der Waals surface area contributed by atoms with Gasteiger partial charge >= 0.3 is 0 Å². The van der Waals surface area contributed by atoms with Crippen molar-refractivity contribution >= 4 is 22.4 Å². The number of aromatic nitrogens is 2. The summed E-state index contributed by atoms with van der Waals surface area (Å²) in [5, 5.41) is 0.779. The molecule has 0 aliphatic rings. The molecule has 20 heavy (non-hydrogen) atoms. The van der Waals surface area contributed by atoms with E-state index < -0.39 is 11.6 Å². The smallest absolute Gasteiger partial charge is 0.213 e. The van der Waals surface area contributed by atoms with Gasteiger partial charge in [0.15, 0.2) is 0 Å². The fraction of sp³-hybridized carbons (Fsp3) is 0. The maximum atomic E-state index is 13.1. The summed E-state index contributed by atoms with van der Waals surface area (Å²) in [7, 11) is 0. The Morgan fingerprint density at radius 2 is 1.95 bits per heavy atom. The van der Waals surface area contributed by atoms with Gasteiger partial charge in [-0.1, -0.05) is 18.2 Å². The lowest BCUT2D eigenvalue weighted by molar-refractivity contribution is 0.103. The maximum absolute atomic E-state index is 13.1. The number of hydrogen-bond acceptors (Lipinski definition) is 4. The second-order valence-electron chi connectivity index (χ2n) is 4.33. The van der Waals surface area contributed by atoms with Crippen molar-refractivity contribution in [2.45, 2.75) is 0 Å². The maximum Gasteiger partial charge on any atom is 0.213 e. The first-order valence-electron chi connectivity index (χ1n) is 5.95. The Labute approximate surface area is 114 Å². The minimum Gasteiger partial charge on any atom is -0.398 e. The Hall–Kier alpha value is -2.82. The highest BCUT2D eigenvalue weighted by Crippen LogP contribution is 2.21. The summed E-state index contributed by atoms with van der Waals surface area (Å²) in [6.45, 7) is 0. The highest BCUT2D eigenvalue weighted by atomic mass is 19.1. The number of pyridine rings is 2. The van der Waals surface area contributed by atoms with Gasteiger partial charge in [-0.3, -0.25) is 9.78 Å². The van der Waals surface area contributed by atoms with Crippen molar-refractivity contribution < 1.29 is 9.18 Å². The Balaban J connectivity index is 2.12. The second kappa shape index (κ2) is 4.70. The number of fused-ring (bicyclic) bond motifs is 1.